The zero-order valence-electron chi connectivity index (χ0n) is 8.84. The van der Waals surface area contributed by atoms with Gasteiger partial charge in [0.1, 0.15) is 0 Å². The van der Waals surface area contributed by atoms with E-state index < -0.39 is 0 Å². The second-order valence-corrected chi connectivity index (χ2v) is 3.62. The summed E-state index contributed by atoms with van der Waals surface area (Å²) in [4.78, 5) is 3.90. The second kappa shape index (κ2) is 4.76. The Morgan fingerprint density at radius 3 is 2.62 bits per heavy atom. The van der Waals surface area contributed by atoms with Gasteiger partial charge in [-0.15, -0.1) is 0 Å². The third kappa shape index (κ3) is 2.58. The van der Waals surface area contributed by atoms with E-state index in [4.69, 9.17) is 16.0 Å². The van der Waals surface area contributed by atoms with Crippen molar-refractivity contribution in [1.29, 1.82) is 0 Å². The van der Waals surface area contributed by atoms with Gasteiger partial charge < -0.3 is 16.0 Å². The molecule has 2 rings (SSSR count). The van der Waals surface area contributed by atoms with Crippen molar-refractivity contribution >= 4 is 5.95 Å². The molecule has 1 atom stereocenters. The van der Waals surface area contributed by atoms with Gasteiger partial charge in [-0.1, -0.05) is 30.3 Å². The van der Waals surface area contributed by atoms with E-state index in [0.717, 1.165) is 12.8 Å². The van der Waals surface area contributed by atoms with E-state index in [9.17, 15) is 0 Å². The Balaban J connectivity index is 1.91. The van der Waals surface area contributed by atoms with Crippen molar-refractivity contribution in [3.8, 4) is 0 Å². The number of rotatable bonds is 4. The van der Waals surface area contributed by atoms with E-state index in [0.29, 0.717) is 5.89 Å². The van der Waals surface area contributed by atoms with Gasteiger partial charge >= 0.3 is 0 Å². The summed E-state index contributed by atoms with van der Waals surface area (Å²) in [5.74, 6) is 0.526. The summed E-state index contributed by atoms with van der Waals surface area (Å²) in [7, 11) is 0. The molecule has 0 unspecified atom stereocenters. The minimum Gasteiger partial charge on any atom is -0.365 e. The molecule has 1 aromatic heterocycles. The Hall–Kier alpha value is -1.88. The molecule has 5 nitrogen and oxygen atoms in total. The van der Waals surface area contributed by atoms with E-state index in [1.165, 1.54) is 5.56 Å². The van der Waals surface area contributed by atoms with E-state index in [1.54, 1.807) is 0 Å². The summed E-state index contributed by atoms with van der Waals surface area (Å²) in [5, 5.41) is 3.50. The fourth-order valence-electron chi connectivity index (χ4n) is 1.49. The lowest BCUT2D eigenvalue weighted by Gasteiger charge is -2.05. The molecular formula is C11H14N4O. The van der Waals surface area contributed by atoms with Gasteiger partial charge in [0, 0.05) is 0 Å². The van der Waals surface area contributed by atoms with E-state index in [2.05, 4.69) is 22.3 Å². The summed E-state index contributed by atoms with van der Waals surface area (Å²) < 4.78 is 4.90. The quantitative estimate of drug-likeness (QED) is 0.806. The molecule has 2 aromatic rings. The zero-order valence-corrected chi connectivity index (χ0v) is 8.84. The van der Waals surface area contributed by atoms with Crippen molar-refractivity contribution in [3.05, 3.63) is 41.8 Å². The third-order valence-electron chi connectivity index (χ3n) is 2.36. The molecule has 5 heteroatoms. The highest BCUT2D eigenvalue weighted by Gasteiger charge is 2.13. The molecule has 0 aliphatic carbocycles. The van der Waals surface area contributed by atoms with Crippen LogP contribution in [0.3, 0.4) is 0 Å². The number of nitrogens with two attached hydrogens (primary N) is 2. The predicted molar refractivity (Wildman–Crippen MR) is 60.4 cm³/mol. The first-order chi connectivity index (χ1) is 7.75. The minimum absolute atomic E-state index is 0.130. The fourth-order valence-corrected chi connectivity index (χ4v) is 1.49. The van der Waals surface area contributed by atoms with Crippen LogP contribution in [0, 0.1) is 0 Å². The number of nitrogens with zero attached hydrogens (tertiary/aromatic N) is 2. The highest BCUT2D eigenvalue weighted by Crippen LogP contribution is 2.15. The largest absolute Gasteiger partial charge is 0.365 e. The molecule has 0 aliphatic rings. The van der Waals surface area contributed by atoms with Crippen LogP contribution in [-0.2, 0) is 6.42 Å². The minimum atomic E-state index is -0.259. The van der Waals surface area contributed by atoms with Gasteiger partial charge in [-0.3, -0.25) is 0 Å². The summed E-state index contributed by atoms with van der Waals surface area (Å²) >= 11 is 0. The molecule has 4 N–H and O–H groups in total. The SMILES string of the molecule is Nc1noc([C@@H](N)CCc2ccccc2)n1. The van der Waals surface area contributed by atoms with Crippen molar-refractivity contribution < 1.29 is 4.52 Å². The molecule has 0 radical (unpaired) electrons. The average Bonchev–Trinajstić information content (AvgIpc) is 2.74. The smallest absolute Gasteiger partial charge is 0.260 e. The van der Waals surface area contributed by atoms with Gasteiger partial charge in [0.25, 0.3) is 5.95 Å². The van der Waals surface area contributed by atoms with Crippen molar-refractivity contribution in [1.82, 2.24) is 10.1 Å². The van der Waals surface area contributed by atoms with E-state index >= 15 is 0 Å². The summed E-state index contributed by atoms with van der Waals surface area (Å²) in [6, 6.07) is 9.87. The Bertz CT molecular complexity index is 440. The molecule has 0 saturated carbocycles. The molecule has 16 heavy (non-hydrogen) atoms. The molecular weight excluding hydrogens is 204 g/mol. The van der Waals surface area contributed by atoms with Crippen LogP contribution in [0.15, 0.2) is 34.9 Å². The molecule has 0 amide bonds. The Morgan fingerprint density at radius 2 is 2.00 bits per heavy atom. The van der Waals surface area contributed by atoms with Crippen LogP contribution in [0.2, 0.25) is 0 Å². The summed E-state index contributed by atoms with van der Waals surface area (Å²) in [5.41, 5.74) is 12.5. The lowest BCUT2D eigenvalue weighted by atomic mass is 10.1. The molecule has 1 aromatic carbocycles. The number of hydrogen-bond donors (Lipinski definition) is 2. The monoisotopic (exact) mass is 218 g/mol. The molecule has 0 saturated heterocycles. The molecule has 1 heterocycles. The van der Waals surface area contributed by atoms with Gasteiger partial charge in [0.2, 0.25) is 5.89 Å². The molecule has 0 aliphatic heterocycles. The topological polar surface area (TPSA) is 91.0 Å². The first-order valence-corrected chi connectivity index (χ1v) is 5.14. The highest BCUT2D eigenvalue weighted by molar-refractivity contribution is 5.15. The first-order valence-electron chi connectivity index (χ1n) is 5.14. The molecule has 0 bridgehead atoms. The van der Waals surface area contributed by atoms with Crippen LogP contribution in [0.5, 0.6) is 0 Å². The molecule has 84 valence electrons. The maximum atomic E-state index is 5.90. The summed E-state index contributed by atoms with van der Waals surface area (Å²) in [6.45, 7) is 0. The van der Waals surface area contributed by atoms with Gasteiger partial charge in [-0.2, -0.15) is 4.98 Å². The maximum absolute atomic E-state index is 5.90. The summed E-state index contributed by atoms with van der Waals surface area (Å²) in [6.07, 6.45) is 1.63. The standard InChI is InChI=1S/C11H14N4O/c12-9(10-14-11(13)15-16-10)7-6-8-4-2-1-3-5-8/h1-5,9H,6-7,12H2,(H2,13,15)/t9-/m0/s1. The number of aryl methyl sites for hydroxylation is 1. The van der Waals surface area contributed by atoms with Crippen molar-refractivity contribution in [2.75, 3.05) is 5.73 Å². The Kier molecular flexibility index (Phi) is 3.16. The number of anilines is 1. The maximum Gasteiger partial charge on any atom is 0.260 e. The van der Waals surface area contributed by atoms with Gasteiger partial charge in [-0.05, 0) is 23.6 Å². The van der Waals surface area contributed by atoms with Crippen LogP contribution in [0.25, 0.3) is 0 Å². The van der Waals surface area contributed by atoms with Crippen LogP contribution >= 0.6 is 0 Å². The van der Waals surface area contributed by atoms with E-state index in [1.807, 2.05) is 18.2 Å². The third-order valence-corrected chi connectivity index (χ3v) is 2.36. The second-order valence-electron chi connectivity index (χ2n) is 3.62. The number of aromatic nitrogens is 2. The van der Waals surface area contributed by atoms with Crippen LogP contribution in [0.4, 0.5) is 5.95 Å². The number of benzene rings is 1. The number of nitrogen functional groups attached to an aromatic ring is 1. The average molecular weight is 218 g/mol. The van der Waals surface area contributed by atoms with Gasteiger partial charge in [-0.25, -0.2) is 0 Å². The lowest BCUT2D eigenvalue weighted by Crippen LogP contribution is -2.11. The fraction of sp³-hybridized carbons (Fsp3) is 0.273. The number of hydrogen-bond acceptors (Lipinski definition) is 5. The highest BCUT2D eigenvalue weighted by atomic mass is 16.5. The lowest BCUT2D eigenvalue weighted by molar-refractivity contribution is 0.349. The normalized spacial score (nSPS) is 12.6. The Morgan fingerprint density at radius 1 is 1.25 bits per heavy atom. The van der Waals surface area contributed by atoms with Crippen molar-refractivity contribution in [2.24, 2.45) is 5.73 Å². The molecule has 0 spiro atoms. The molecule has 0 fully saturated rings. The Labute approximate surface area is 93.4 Å². The van der Waals surface area contributed by atoms with Gasteiger partial charge in [0.05, 0.1) is 6.04 Å². The van der Waals surface area contributed by atoms with Crippen LogP contribution in [0.1, 0.15) is 23.9 Å². The predicted octanol–water partition coefficient (Wildman–Crippen LogP) is 1.28. The zero-order chi connectivity index (χ0) is 11.4. The van der Waals surface area contributed by atoms with Crippen molar-refractivity contribution in [3.63, 3.8) is 0 Å². The van der Waals surface area contributed by atoms with Gasteiger partial charge in [0.15, 0.2) is 0 Å². The van der Waals surface area contributed by atoms with E-state index in [-0.39, 0.29) is 12.0 Å². The van der Waals surface area contributed by atoms with Crippen LogP contribution < -0.4 is 11.5 Å². The van der Waals surface area contributed by atoms with Crippen molar-refractivity contribution in [2.45, 2.75) is 18.9 Å². The van der Waals surface area contributed by atoms with Crippen LogP contribution in [-0.4, -0.2) is 10.1 Å². The first kappa shape index (κ1) is 10.6.